The fourth-order valence-corrected chi connectivity index (χ4v) is 1.92. The molecule has 1 amide bonds. The van der Waals surface area contributed by atoms with E-state index in [0.717, 1.165) is 19.5 Å². The van der Waals surface area contributed by atoms with Gasteiger partial charge in [-0.1, -0.05) is 6.92 Å². The summed E-state index contributed by atoms with van der Waals surface area (Å²) >= 11 is 0. The van der Waals surface area contributed by atoms with Crippen molar-refractivity contribution >= 4 is 5.91 Å². The number of rotatable bonds is 6. The number of hydrogen-bond donors (Lipinski definition) is 2. The minimum absolute atomic E-state index is 0.0708. The van der Waals surface area contributed by atoms with Gasteiger partial charge >= 0.3 is 0 Å². The van der Waals surface area contributed by atoms with Crippen molar-refractivity contribution in [3.63, 3.8) is 0 Å². The fraction of sp³-hybridized carbons (Fsp3) is 0.917. The molecule has 3 N–H and O–H groups in total. The molecule has 0 spiro atoms. The summed E-state index contributed by atoms with van der Waals surface area (Å²) in [6, 6.07) is -0.0708. The number of nitrogens with one attached hydrogen (secondary N) is 1. The molecular weight excluding hydrogens is 202 g/mol. The molecule has 2 unspecified atom stereocenters. The number of nitrogens with two attached hydrogens (primary N) is 1. The molecule has 0 aromatic heterocycles. The second-order valence-corrected chi connectivity index (χ2v) is 4.84. The summed E-state index contributed by atoms with van der Waals surface area (Å²) in [5, 5.41) is 2.94. The lowest BCUT2D eigenvalue weighted by molar-refractivity contribution is -0.124. The molecule has 0 aliphatic carbocycles. The summed E-state index contributed by atoms with van der Waals surface area (Å²) in [6.07, 6.45) is 3.69. The molecule has 1 fully saturated rings. The van der Waals surface area contributed by atoms with E-state index in [-0.39, 0.29) is 17.9 Å². The quantitative estimate of drug-likeness (QED) is 0.652. The van der Waals surface area contributed by atoms with E-state index in [1.807, 2.05) is 13.8 Å². The third kappa shape index (κ3) is 4.49. The Morgan fingerprint density at radius 1 is 1.38 bits per heavy atom. The molecule has 1 aliphatic heterocycles. The van der Waals surface area contributed by atoms with Crippen LogP contribution in [0.4, 0.5) is 0 Å². The van der Waals surface area contributed by atoms with E-state index in [4.69, 9.17) is 5.73 Å². The second-order valence-electron chi connectivity index (χ2n) is 4.84. The summed E-state index contributed by atoms with van der Waals surface area (Å²) in [5.74, 6) is -0.0109. The maximum absolute atomic E-state index is 11.6. The predicted molar refractivity (Wildman–Crippen MR) is 66.1 cm³/mol. The van der Waals surface area contributed by atoms with Crippen LogP contribution in [0.25, 0.3) is 0 Å². The number of carbonyl (C=O) groups excluding carboxylic acids is 1. The topological polar surface area (TPSA) is 58.4 Å². The van der Waals surface area contributed by atoms with Gasteiger partial charge in [-0.25, -0.2) is 0 Å². The maximum Gasteiger partial charge on any atom is 0.224 e. The van der Waals surface area contributed by atoms with E-state index in [9.17, 15) is 4.79 Å². The van der Waals surface area contributed by atoms with Gasteiger partial charge in [-0.15, -0.1) is 0 Å². The Morgan fingerprint density at radius 3 is 2.56 bits per heavy atom. The fourth-order valence-electron chi connectivity index (χ4n) is 1.92. The smallest absolute Gasteiger partial charge is 0.224 e. The van der Waals surface area contributed by atoms with Gasteiger partial charge in [0, 0.05) is 18.5 Å². The molecular formula is C12H25N3O. The monoisotopic (exact) mass is 227 g/mol. The van der Waals surface area contributed by atoms with Crippen LogP contribution in [0, 0.1) is 5.92 Å². The second kappa shape index (κ2) is 6.86. The van der Waals surface area contributed by atoms with Crippen LogP contribution in [0.2, 0.25) is 0 Å². The standard InChI is InChI=1S/C12H25N3O/c1-10(11(2)13)12(16)14-6-5-9-15-7-3-4-8-15/h10-11H,3-9,13H2,1-2H3,(H,14,16). The first-order valence-electron chi connectivity index (χ1n) is 6.37. The number of carbonyl (C=O) groups is 1. The van der Waals surface area contributed by atoms with Crippen molar-refractivity contribution in [2.24, 2.45) is 11.7 Å². The summed E-state index contributed by atoms with van der Waals surface area (Å²) in [5.41, 5.74) is 5.67. The average molecular weight is 227 g/mol. The van der Waals surface area contributed by atoms with Gasteiger partial charge in [0.15, 0.2) is 0 Å². The Kier molecular flexibility index (Phi) is 5.77. The Hall–Kier alpha value is -0.610. The van der Waals surface area contributed by atoms with Crippen LogP contribution in [0.3, 0.4) is 0 Å². The van der Waals surface area contributed by atoms with Crippen LogP contribution in [0.1, 0.15) is 33.1 Å². The lowest BCUT2D eigenvalue weighted by Gasteiger charge is -2.17. The Labute approximate surface area is 98.6 Å². The van der Waals surface area contributed by atoms with Crippen LogP contribution in [-0.4, -0.2) is 43.0 Å². The van der Waals surface area contributed by atoms with Gasteiger partial charge in [-0.2, -0.15) is 0 Å². The molecule has 0 saturated carbocycles. The first-order valence-corrected chi connectivity index (χ1v) is 6.37. The van der Waals surface area contributed by atoms with Gasteiger partial charge in [0.2, 0.25) is 5.91 Å². The van der Waals surface area contributed by atoms with Crippen LogP contribution < -0.4 is 11.1 Å². The zero-order valence-corrected chi connectivity index (χ0v) is 10.5. The highest BCUT2D eigenvalue weighted by Gasteiger charge is 2.16. The highest BCUT2D eigenvalue weighted by atomic mass is 16.1. The van der Waals surface area contributed by atoms with E-state index in [2.05, 4.69) is 10.2 Å². The summed E-state index contributed by atoms with van der Waals surface area (Å²) in [6.45, 7) is 8.07. The molecule has 4 heteroatoms. The molecule has 0 radical (unpaired) electrons. The van der Waals surface area contributed by atoms with Crippen molar-refractivity contribution in [1.82, 2.24) is 10.2 Å². The minimum Gasteiger partial charge on any atom is -0.356 e. The summed E-state index contributed by atoms with van der Waals surface area (Å²) < 4.78 is 0. The van der Waals surface area contributed by atoms with E-state index in [1.54, 1.807) is 0 Å². The molecule has 2 atom stereocenters. The number of hydrogen-bond acceptors (Lipinski definition) is 3. The van der Waals surface area contributed by atoms with Crippen molar-refractivity contribution in [2.45, 2.75) is 39.2 Å². The van der Waals surface area contributed by atoms with Crippen LogP contribution >= 0.6 is 0 Å². The van der Waals surface area contributed by atoms with Crippen molar-refractivity contribution in [2.75, 3.05) is 26.2 Å². The van der Waals surface area contributed by atoms with Crippen LogP contribution in [-0.2, 0) is 4.79 Å². The van der Waals surface area contributed by atoms with Crippen molar-refractivity contribution < 1.29 is 4.79 Å². The predicted octanol–water partition coefficient (Wildman–Crippen LogP) is 0.572. The molecule has 0 aromatic rings. The summed E-state index contributed by atoms with van der Waals surface area (Å²) in [7, 11) is 0. The lowest BCUT2D eigenvalue weighted by Crippen LogP contribution is -2.39. The van der Waals surface area contributed by atoms with Crippen molar-refractivity contribution in [3.05, 3.63) is 0 Å². The van der Waals surface area contributed by atoms with Crippen LogP contribution in [0.5, 0.6) is 0 Å². The number of nitrogens with zero attached hydrogens (tertiary/aromatic N) is 1. The van der Waals surface area contributed by atoms with E-state index in [0.29, 0.717) is 0 Å². The molecule has 94 valence electrons. The molecule has 0 bridgehead atoms. The first-order chi connectivity index (χ1) is 7.61. The third-order valence-corrected chi connectivity index (χ3v) is 3.35. The summed E-state index contributed by atoms with van der Waals surface area (Å²) in [4.78, 5) is 14.0. The zero-order chi connectivity index (χ0) is 12.0. The van der Waals surface area contributed by atoms with E-state index < -0.39 is 0 Å². The molecule has 1 aliphatic rings. The lowest BCUT2D eigenvalue weighted by atomic mass is 10.0. The van der Waals surface area contributed by atoms with E-state index >= 15 is 0 Å². The Balaban J connectivity index is 2.03. The highest BCUT2D eigenvalue weighted by Crippen LogP contribution is 2.07. The Bertz CT molecular complexity index is 212. The molecule has 1 heterocycles. The van der Waals surface area contributed by atoms with Crippen molar-refractivity contribution in [1.29, 1.82) is 0 Å². The number of likely N-dealkylation sites (tertiary alicyclic amines) is 1. The highest BCUT2D eigenvalue weighted by molar-refractivity contribution is 5.78. The molecule has 1 saturated heterocycles. The van der Waals surface area contributed by atoms with Gasteiger partial charge in [-0.3, -0.25) is 4.79 Å². The largest absolute Gasteiger partial charge is 0.356 e. The van der Waals surface area contributed by atoms with Crippen molar-refractivity contribution in [3.8, 4) is 0 Å². The van der Waals surface area contributed by atoms with Gasteiger partial charge in [0.1, 0.15) is 0 Å². The normalized spacial score (nSPS) is 20.7. The zero-order valence-electron chi connectivity index (χ0n) is 10.5. The minimum atomic E-state index is -0.0909. The maximum atomic E-state index is 11.6. The molecule has 0 aromatic carbocycles. The number of amides is 1. The molecule has 16 heavy (non-hydrogen) atoms. The van der Waals surface area contributed by atoms with E-state index in [1.165, 1.54) is 25.9 Å². The first kappa shape index (κ1) is 13.5. The van der Waals surface area contributed by atoms with Gasteiger partial charge in [-0.05, 0) is 45.8 Å². The Morgan fingerprint density at radius 2 is 2.00 bits per heavy atom. The molecule has 4 nitrogen and oxygen atoms in total. The molecule has 1 rings (SSSR count). The van der Waals surface area contributed by atoms with Gasteiger partial charge in [0.25, 0.3) is 0 Å². The SMILES string of the molecule is CC(N)C(C)C(=O)NCCCN1CCCC1. The van der Waals surface area contributed by atoms with Gasteiger partial charge in [0.05, 0.1) is 0 Å². The van der Waals surface area contributed by atoms with Crippen LogP contribution in [0.15, 0.2) is 0 Å². The average Bonchev–Trinajstić information content (AvgIpc) is 2.75. The third-order valence-electron chi connectivity index (χ3n) is 3.35. The van der Waals surface area contributed by atoms with Gasteiger partial charge < -0.3 is 16.0 Å².